The van der Waals surface area contributed by atoms with E-state index in [2.05, 4.69) is 34.8 Å². The summed E-state index contributed by atoms with van der Waals surface area (Å²) in [5, 5.41) is 0. The first-order valence-corrected chi connectivity index (χ1v) is 9.11. The summed E-state index contributed by atoms with van der Waals surface area (Å²) in [6.45, 7) is 6.47. The van der Waals surface area contributed by atoms with Gasteiger partial charge in [-0.15, -0.1) is 0 Å². The summed E-state index contributed by atoms with van der Waals surface area (Å²) in [7, 11) is 1.39. The van der Waals surface area contributed by atoms with Crippen LogP contribution < -0.4 is 4.90 Å². The van der Waals surface area contributed by atoms with Crippen LogP contribution in [0.4, 0.5) is 5.69 Å². The lowest BCUT2D eigenvalue weighted by molar-refractivity contribution is -0.134. The van der Waals surface area contributed by atoms with Crippen molar-refractivity contribution >= 4 is 17.2 Å². The molecule has 0 unspecified atom stereocenters. The fraction of sp³-hybridized carbons (Fsp3) is 0.409. The average Bonchev–Trinajstić information content (AvgIpc) is 2.61. The number of anilines is 1. The maximum Gasteiger partial charge on any atom is 0.330 e. The number of allylic oxidation sites excluding steroid dienone is 5. The van der Waals surface area contributed by atoms with E-state index in [1.165, 1.54) is 79.9 Å². The minimum absolute atomic E-state index is 0.318. The molecule has 2 aliphatic heterocycles. The lowest BCUT2D eigenvalue weighted by atomic mass is 9.88. The molecule has 0 fully saturated rings. The van der Waals surface area contributed by atoms with Crippen molar-refractivity contribution < 1.29 is 9.53 Å². The molecule has 0 N–H and O–H groups in total. The lowest BCUT2D eigenvalue weighted by Gasteiger charge is -2.37. The predicted molar refractivity (Wildman–Crippen MR) is 104 cm³/mol. The van der Waals surface area contributed by atoms with Gasteiger partial charge in [-0.1, -0.05) is 18.2 Å². The Kier molecular flexibility index (Phi) is 5.42. The molecule has 0 aliphatic carbocycles. The topological polar surface area (TPSA) is 29.5 Å². The molecule has 0 saturated heterocycles. The van der Waals surface area contributed by atoms with Gasteiger partial charge in [0.15, 0.2) is 0 Å². The lowest BCUT2D eigenvalue weighted by Crippen LogP contribution is -2.34. The van der Waals surface area contributed by atoms with Crippen molar-refractivity contribution in [2.75, 3.05) is 25.1 Å². The Hall–Kier alpha value is -2.29. The number of nitrogens with zero attached hydrogens (tertiary/aromatic N) is 1. The van der Waals surface area contributed by atoms with Crippen molar-refractivity contribution in [2.45, 2.75) is 39.5 Å². The number of rotatable bonds is 4. The molecule has 2 heterocycles. The van der Waals surface area contributed by atoms with Crippen molar-refractivity contribution in [3.8, 4) is 0 Å². The molecule has 0 amide bonds. The van der Waals surface area contributed by atoms with E-state index in [0.29, 0.717) is 0 Å². The molecule has 3 heteroatoms. The number of hydrogen-bond donors (Lipinski definition) is 0. The third-order valence-electron chi connectivity index (χ3n) is 5.04. The molecule has 0 aromatic heterocycles. The standard InChI is InChI=1S/C22H27NO2/c1-16(13-21(24)25-3)7-4-8-17(2)20-14-18-9-5-11-23-12-6-10-19(15-20)22(18)23/h4,7-8,13-15H,5-6,9-12H2,1-3H3. The van der Waals surface area contributed by atoms with Gasteiger partial charge in [0.25, 0.3) is 0 Å². The molecule has 1 aromatic carbocycles. The van der Waals surface area contributed by atoms with Gasteiger partial charge in [0.05, 0.1) is 7.11 Å². The van der Waals surface area contributed by atoms with Crippen molar-refractivity contribution in [1.29, 1.82) is 0 Å². The number of ether oxygens (including phenoxy) is 1. The van der Waals surface area contributed by atoms with E-state index < -0.39 is 0 Å². The average molecular weight is 337 g/mol. The molecule has 25 heavy (non-hydrogen) atoms. The second kappa shape index (κ2) is 7.73. The van der Waals surface area contributed by atoms with Gasteiger partial charge in [-0.25, -0.2) is 4.79 Å². The number of methoxy groups -OCH3 is 1. The Balaban J connectivity index is 1.82. The van der Waals surface area contributed by atoms with Crippen LogP contribution in [0.5, 0.6) is 0 Å². The highest BCUT2D eigenvalue weighted by atomic mass is 16.5. The molecule has 0 spiro atoms. The Morgan fingerprint density at radius 1 is 1.12 bits per heavy atom. The SMILES string of the molecule is COC(=O)C=C(C)C=CC=C(C)c1cc2c3c(c1)CCCN3CCC2. The molecule has 1 aromatic rings. The molecule has 0 radical (unpaired) electrons. The number of esters is 1. The minimum Gasteiger partial charge on any atom is -0.466 e. The fourth-order valence-electron chi connectivity index (χ4n) is 3.76. The molecule has 132 valence electrons. The van der Waals surface area contributed by atoms with Gasteiger partial charge in [-0.05, 0) is 79.5 Å². The van der Waals surface area contributed by atoms with Crippen LogP contribution in [-0.4, -0.2) is 26.2 Å². The van der Waals surface area contributed by atoms with Crippen LogP contribution >= 0.6 is 0 Å². The van der Waals surface area contributed by atoms with E-state index in [-0.39, 0.29) is 5.97 Å². The maximum atomic E-state index is 11.2. The van der Waals surface area contributed by atoms with Crippen molar-refractivity contribution in [3.05, 3.63) is 58.7 Å². The van der Waals surface area contributed by atoms with Gasteiger partial charge in [0, 0.05) is 24.9 Å². The van der Waals surface area contributed by atoms with E-state index in [1.54, 1.807) is 0 Å². The molecular weight excluding hydrogens is 310 g/mol. The molecular formula is C22H27NO2. The van der Waals surface area contributed by atoms with Gasteiger partial charge < -0.3 is 9.64 Å². The molecule has 2 aliphatic rings. The van der Waals surface area contributed by atoms with E-state index in [4.69, 9.17) is 0 Å². The first-order chi connectivity index (χ1) is 12.1. The zero-order valence-corrected chi connectivity index (χ0v) is 15.5. The van der Waals surface area contributed by atoms with E-state index in [0.717, 1.165) is 5.57 Å². The van der Waals surface area contributed by atoms with Gasteiger partial charge >= 0.3 is 5.97 Å². The molecule has 3 rings (SSSR count). The fourth-order valence-corrected chi connectivity index (χ4v) is 3.76. The summed E-state index contributed by atoms with van der Waals surface area (Å²) in [5.41, 5.74) is 7.99. The largest absolute Gasteiger partial charge is 0.466 e. The van der Waals surface area contributed by atoms with E-state index >= 15 is 0 Å². The Bertz CT molecular complexity index is 724. The van der Waals surface area contributed by atoms with Crippen LogP contribution in [0.3, 0.4) is 0 Å². The monoisotopic (exact) mass is 337 g/mol. The van der Waals surface area contributed by atoms with Crippen LogP contribution in [0.15, 0.2) is 42.0 Å². The van der Waals surface area contributed by atoms with Gasteiger partial charge in [0.2, 0.25) is 0 Å². The number of benzene rings is 1. The minimum atomic E-state index is -0.318. The summed E-state index contributed by atoms with van der Waals surface area (Å²) in [5.74, 6) is -0.318. The van der Waals surface area contributed by atoms with Crippen molar-refractivity contribution in [2.24, 2.45) is 0 Å². The second-order valence-corrected chi connectivity index (χ2v) is 6.96. The van der Waals surface area contributed by atoms with Gasteiger partial charge in [-0.3, -0.25) is 0 Å². The highest BCUT2D eigenvalue weighted by molar-refractivity contribution is 5.83. The van der Waals surface area contributed by atoms with Gasteiger partial charge in [0.1, 0.15) is 0 Å². The van der Waals surface area contributed by atoms with E-state index in [9.17, 15) is 4.79 Å². The Morgan fingerprint density at radius 2 is 1.76 bits per heavy atom. The van der Waals surface area contributed by atoms with Crippen LogP contribution in [0.25, 0.3) is 5.57 Å². The number of carbonyl (C=O) groups excluding carboxylic acids is 1. The quantitative estimate of drug-likeness (QED) is 0.461. The zero-order valence-electron chi connectivity index (χ0n) is 15.5. The Labute approximate surface area is 150 Å². The first-order valence-electron chi connectivity index (χ1n) is 9.11. The first kappa shape index (κ1) is 17.5. The van der Waals surface area contributed by atoms with Crippen molar-refractivity contribution in [1.82, 2.24) is 0 Å². The summed E-state index contributed by atoms with van der Waals surface area (Å²) in [6.07, 6.45) is 12.5. The predicted octanol–water partition coefficient (Wildman–Crippen LogP) is 4.46. The molecule has 0 atom stereocenters. The smallest absolute Gasteiger partial charge is 0.330 e. The van der Waals surface area contributed by atoms with Crippen LogP contribution in [0, 0.1) is 0 Å². The maximum absolute atomic E-state index is 11.2. The normalized spacial score (nSPS) is 17.6. The Morgan fingerprint density at radius 3 is 2.36 bits per heavy atom. The van der Waals surface area contributed by atoms with Crippen LogP contribution in [-0.2, 0) is 22.4 Å². The van der Waals surface area contributed by atoms with E-state index in [1.807, 2.05) is 19.1 Å². The highest BCUT2D eigenvalue weighted by Gasteiger charge is 2.24. The second-order valence-electron chi connectivity index (χ2n) is 6.96. The number of hydrogen-bond acceptors (Lipinski definition) is 3. The molecule has 0 saturated carbocycles. The summed E-state index contributed by atoms with van der Waals surface area (Å²) in [6, 6.07) is 4.74. The third kappa shape index (κ3) is 4.04. The van der Waals surface area contributed by atoms with Crippen LogP contribution in [0.2, 0.25) is 0 Å². The zero-order chi connectivity index (χ0) is 17.8. The third-order valence-corrected chi connectivity index (χ3v) is 5.04. The van der Waals surface area contributed by atoms with Crippen molar-refractivity contribution in [3.63, 3.8) is 0 Å². The molecule has 0 bridgehead atoms. The van der Waals surface area contributed by atoms with Crippen LogP contribution in [0.1, 0.15) is 43.4 Å². The number of carbonyl (C=O) groups is 1. The number of aryl methyl sites for hydroxylation is 2. The summed E-state index contributed by atoms with van der Waals surface area (Å²) < 4.78 is 4.64. The highest BCUT2D eigenvalue weighted by Crippen LogP contribution is 2.37. The molecule has 3 nitrogen and oxygen atoms in total. The summed E-state index contributed by atoms with van der Waals surface area (Å²) >= 11 is 0. The summed E-state index contributed by atoms with van der Waals surface area (Å²) in [4.78, 5) is 13.8. The van der Waals surface area contributed by atoms with Gasteiger partial charge in [-0.2, -0.15) is 0 Å².